The van der Waals surface area contributed by atoms with E-state index in [4.69, 9.17) is 21.1 Å². The van der Waals surface area contributed by atoms with Crippen molar-refractivity contribution in [2.24, 2.45) is 0 Å². The number of halogens is 1. The molecule has 0 bridgehead atoms. The second-order valence-corrected chi connectivity index (χ2v) is 6.70. The Morgan fingerprint density at radius 1 is 0.889 bits per heavy atom. The van der Waals surface area contributed by atoms with Crippen LogP contribution in [0.15, 0.2) is 66.7 Å². The first-order valence-corrected chi connectivity index (χ1v) is 9.43. The van der Waals surface area contributed by atoms with Gasteiger partial charge in [-0.1, -0.05) is 54.9 Å². The molecule has 3 aromatic carbocycles. The first kappa shape index (κ1) is 19.1. The highest BCUT2D eigenvalue weighted by molar-refractivity contribution is 6.30. The Morgan fingerprint density at radius 2 is 1.63 bits per heavy atom. The molecule has 3 rings (SSSR count). The minimum Gasteiger partial charge on any atom is -0.493 e. The van der Waals surface area contributed by atoms with Crippen molar-refractivity contribution in [1.82, 2.24) is 0 Å². The highest BCUT2D eigenvalue weighted by Crippen LogP contribution is 2.29. The third-order valence-electron chi connectivity index (χ3n) is 4.42. The number of para-hydroxylation sites is 1. The minimum atomic E-state index is 0.467. The quantitative estimate of drug-likeness (QED) is 0.511. The van der Waals surface area contributed by atoms with E-state index < -0.39 is 0 Å². The van der Waals surface area contributed by atoms with Crippen LogP contribution in [0.3, 0.4) is 0 Å². The predicted octanol–water partition coefficient (Wildman–Crippen LogP) is 6.10. The van der Waals surface area contributed by atoms with Gasteiger partial charge >= 0.3 is 0 Å². The van der Waals surface area contributed by atoms with E-state index in [0.29, 0.717) is 6.61 Å². The highest BCUT2D eigenvalue weighted by atomic mass is 35.5. The third-order valence-corrected chi connectivity index (χ3v) is 4.67. The Hall–Kier alpha value is -2.65. The largest absolute Gasteiger partial charge is 0.493 e. The first-order valence-electron chi connectivity index (χ1n) is 9.05. The van der Waals surface area contributed by atoms with Gasteiger partial charge in [0.1, 0.15) is 6.61 Å². The zero-order chi connectivity index (χ0) is 19.1. The molecule has 3 aromatic rings. The molecule has 0 aliphatic rings. The van der Waals surface area contributed by atoms with Gasteiger partial charge in [-0.3, -0.25) is 0 Å². The maximum Gasteiger partial charge on any atom is 0.161 e. The molecule has 0 aliphatic carbocycles. The second-order valence-electron chi connectivity index (χ2n) is 6.26. The molecule has 0 heterocycles. The molecule has 27 heavy (non-hydrogen) atoms. The molecule has 0 aromatic heterocycles. The summed E-state index contributed by atoms with van der Waals surface area (Å²) in [6.45, 7) is 3.36. The molecular formula is C23H24ClNO2. The van der Waals surface area contributed by atoms with Gasteiger partial charge in [0.2, 0.25) is 0 Å². The summed E-state index contributed by atoms with van der Waals surface area (Å²) in [5.41, 5.74) is 4.68. The molecule has 0 amide bonds. The summed E-state index contributed by atoms with van der Waals surface area (Å²) in [6.07, 6.45) is 1.00. The van der Waals surface area contributed by atoms with E-state index in [9.17, 15) is 0 Å². The van der Waals surface area contributed by atoms with Gasteiger partial charge in [0.15, 0.2) is 11.5 Å². The highest BCUT2D eigenvalue weighted by Gasteiger charge is 2.07. The van der Waals surface area contributed by atoms with Gasteiger partial charge in [-0.05, 0) is 53.4 Å². The summed E-state index contributed by atoms with van der Waals surface area (Å²) in [7, 11) is 1.66. The van der Waals surface area contributed by atoms with Gasteiger partial charge in [-0.2, -0.15) is 0 Å². The van der Waals surface area contributed by atoms with Gasteiger partial charge in [0, 0.05) is 17.3 Å². The molecule has 0 spiro atoms. The fourth-order valence-electron chi connectivity index (χ4n) is 2.88. The average Bonchev–Trinajstić information content (AvgIpc) is 2.72. The van der Waals surface area contributed by atoms with Crippen molar-refractivity contribution in [3.8, 4) is 11.5 Å². The number of rotatable bonds is 8. The van der Waals surface area contributed by atoms with E-state index in [1.165, 1.54) is 11.3 Å². The van der Waals surface area contributed by atoms with Gasteiger partial charge in [-0.15, -0.1) is 0 Å². The van der Waals surface area contributed by atoms with Gasteiger partial charge in [0.25, 0.3) is 0 Å². The van der Waals surface area contributed by atoms with Crippen molar-refractivity contribution in [2.45, 2.75) is 26.5 Å². The summed E-state index contributed by atoms with van der Waals surface area (Å²) >= 11 is 5.92. The van der Waals surface area contributed by atoms with Gasteiger partial charge in [-0.25, -0.2) is 0 Å². The van der Waals surface area contributed by atoms with Crippen LogP contribution in [0.4, 0.5) is 5.69 Å². The minimum absolute atomic E-state index is 0.467. The average molecular weight is 382 g/mol. The van der Waals surface area contributed by atoms with E-state index in [2.05, 4.69) is 42.6 Å². The lowest BCUT2D eigenvalue weighted by Gasteiger charge is -2.14. The van der Waals surface area contributed by atoms with Crippen LogP contribution >= 0.6 is 11.6 Å². The van der Waals surface area contributed by atoms with Crippen LogP contribution in [0.5, 0.6) is 11.5 Å². The molecule has 1 N–H and O–H groups in total. The molecule has 0 saturated carbocycles. The number of methoxy groups -OCH3 is 1. The molecule has 140 valence electrons. The number of anilines is 1. The lowest BCUT2D eigenvalue weighted by Crippen LogP contribution is -2.03. The first-order chi connectivity index (χ1) is 13.2. The van der Waals surface area contributed by atoms with Crippen LogP contribution in [-0.4, -0.2) is 7.11 Å². The van der Waals surface area contributed by atoms with E-state index in [1.54, 1.807) is 7.11 Å². The van der Waals surface area contributed by atoms with Crippen LogP contribution in [0.1, 0.15) is 23.6 Å². The number of hydrogen-bond donors (Lipinski definition) is 1. The fourth-order valence-corrected chi connectivity index (χ4v) is 3.01. The summed E-state index contributed by atoms with van der Waals surface area (Å²) in [6, 6.07) is 22.0. The topological polar surface area (TPSA) is 30.5 Å². The molecular weight excluding hydrogens is 358 g/mol. The SMILES string of the molecule is CCc1ccccc1NCc1ccc(OCc2ccc(Cl)cc2)c(OC)c1. The number of ether oxygens (including phenoxy) is 2. The summed E-state index contributed by atoms with van der Waals surface area (Å²) in [4.78, 5) is 0. The normalized spacial score (nSPS) is 10.5. The van der Waals surface area contributed by atoms with E-state index >= 15 is 0 Å². The molecule has 0 fully saturated rings. The smallest absolute Gasteiger partial charge is 0.161 e. The lowest BCUT2D eigenvalue weighted by atomic mass is 10.1. The number of hydrogen-bond acceptors (Lipinski definition) is 3. The van der Waals surface area contributed by atoms with Crippen LogP contribution < -0.4 is 14.8 Å². The predicted molar refractivity (Wildman–Crippen MR) is 112 cm³/mol. The van der Waals surface area contributed by atoms with Crippen LogP contribution in [0.2, 0.25) is 5.02 Å². The third kappa shape index (κ3) is 5.18. The summed E-state index contributed by atoms with van der Waals surface area (Å²) in [5, 5.41) is 4.23. The molecule has 0 atom stereocenters. The maximum atomic E-state index is 5.92. The summed E-state index contributed by atoms with van der Waals surface area (Å²) in [5.74, 6) is 1.46. The molecule has 3 nitrogen and oxygen atoms in total. The Balaban J connectivity index is 1.65. The van der Waals surface area contributed by atoms with Crippen molar-refractivity contribution in [2.75, 3.05) is 12.4 Å². The molecule has 0 radical (unpaired) electrons. The van der Waals surface area contributed by atoms with Gasteiger partial charge in [0.05, 0.1) is 7.11 Å². The van der Waals surface area contributed by atoms with Crippen molar-refractivity contribution in [1.29, 1.82) is 0 Å². The molecule has 0 saturated heterocycles. The van der Waals surface area contributed by atoms with Crippen LogP contribution in [0, 0.1) is 0 Å². The van der Waals surface area contributed by atoms with Gasteiger partial charge < -0.3 is 14.8 Å². The molecule has 4 heteroatoms. The zero-order valence-electron chi connectivity index (χ0n) is 15.7. The van der Waals surface area contributed by atoms with Crippen molar-refractivity contribution >= 4 is 17.3 Å². The second kappa shape index (κ2) is 9.33. The van der Waals surface area contributed by atoms with Crippen molar-refractivity contribution < 1.29 is 9.47 Å². The zero-order valence-corrected chi connectivity index (χ0v) is 16.4. The van der Waals surface area contributed by atoms with E-state index in [0.717, 1.165) is 40.6 Å². The maximum absolute atomic E-state index is 5.92. The standard InChI is InChI=1S/C23H24ClNO2/c1-3-19-6-4-5-7-21(19)25-15-18-10-13-22(23(14-18)26-2)27-16-17-8-11-20(24)12-9-17/h4-14,25H,3,15-16H2,1-2H3. The molecule has 0 aliphatic heterocycles. The Kier molecular flexibility index (Phi) is 6.61. The number of benzene rings is 3. The van der Waals surface area contributed by atoms with Crippen LogP contribution in [0.25, 0.3) is 0 Å². The monoisotopic (exact) mass is 381 g/mol. The van der Waals surface area contributed by atoms with E-state index in [-0.39, 0.29) is 0 Å². The lowest BCUT2D eigenvalue weighted by molar-refractivity contribution is 0.284. The Bertz CT molecular complexity index is 878. The molecule has 0 unspecified atom stereocenters. The number of aryl methyl sites for hydroxylation is 1. The Labute approximate surface area is 165 Å². The van der Waals surface area contributed by atoms with Crippen LogP contribution in [-0.2, 0) is 19.6 Å². The van der Waals surface area contributed by atoms with Crippen molar-refractivity contribution in [3.63, 3.8) is 0 Å². The van der Waals surface area contributed by atoms with Crippen molar-refractivity contribution in [3.05, 3.63) is 88.4 Å². The Morgan fingerprint density at radius 3 is 2.37 bits per heavy atom. The number of nitrogens with one attached hydrogen (secondary N) is 1. The van der Waals surface area contributed by atoms with E-state index in [1.807, 2.05) is 36.4 Å². The summed E-state index contributed by atoms with van der Waals surface area (Å²) < 4.78 is 11.4. The fraction of sp³-hybridized carbons (Fsp3) is 0.217.